The molecule has 0 unspecified atom stereocenters. The fourth-order valence-electron chi connectivity index (χ4n) is 20.7. The van der Waals surface area contributed by atoms with Crippen molar-refractivity contribution in [3.63, 3.8) is 0 Å². The predicted molar refractivity (Wildman–Crippen MR) is 351 cm³/mol. The third kappa shape index (κ3) is 10.8. The number of aliphatic hydroxyl groups excluding tert-OH is 5. The van der Waals surface area contributed by atoms with E-state index in [4.69, 9.17) is 23.4 Å². The van der Waals surface area contributed by atoms with Gasteiger partial charge in [-0.3, -0.25) is 4.79 Å². The second kappa shape index (κ2) is 24.8. The highest BCUT2D eigenvalue weighted by Gasteiger charge is 2.78. The Bertz CT molecular complexity index is 3430. The summed E-state index contributed by atoms with van der Waals surface area (Å²) >= 11 is 0. The van der Waals surface area contributed by atoms with Crippen LogP contribution in [0.2, 0.25) is 0 Å². The van der Waals surface area contributed by atoms with E-state index in [0.29, 0.717) is 66.6 Å². The van der Waals surface area contributed by atoms with Crippen molar-refractivity contribution in [1.82, 2.24) is 10.6 Å². The number of fused-ring (bicyclic) bond motifs is 13. The fraction of sp³-hybridized carbons (Fsp3) is 0.658. The molecule has 4 heterocycles. The van der Waals surface area contributed by atoms with Gasteiger partial charge in [0.2, 0.25) is 12.0 Å². The molecule has 3 aliphatic heterocycles. The van der Waals surface area contributed by atoms with Gasteiger partial charge in [0.15, 0.2) is 16.9 Å². The van der Waals surface area contributed by atoms with Crippen LogP contribution in [0.4, 0.5) is 0 Å². The molecule has 3 aromatic carbocycles. The molecule has 5 bridgehead atoms. The van der Waals surface area contributed by atoms with Crippen molar-refractivity contribution in [3.8, 4) is 11.5 Å². The van der Waals surface area contributed by atoms with Gasteiger partial charge in [0.05, 0.1) is 30.7 Å². The lowest BCUT2D eigenvalue weighted by Crippen LogP contribution is -2.86. The number of nitrogens with one attached hydrogen (secondary N) is 2. The van der Waals surface area contributed by atoms with E-state index in [1.165, 1.54) is 6.42 Å². The molecule has 494 valence electrons. The maximum atomic E-state index is 14.0. The van der Waals surface area contributed by atoms with E-state index in [0.717, 1.165) is 80.5 Å². The molecule has 0 radical (unpaired) electrons. The minimum Gasteiger partial charge on any atom is -0.508 e. The zero-order chi connectivity index (χ0) is 63.3. The van der Waals surface area contributed by atoms with Gasteiger partial charge < -0.3 is 74.9 Å². The summed E-state index contributed by atoms with van der Waals surface area (Å²) in [5.74, 6) is -1.54. The first-order valence-electron chi connectivity index (χ1n) is 34.3. The Balaban J connectivity index is 0.896. The molecule has 10 N–H and O–H groups in total. The third-order valence-electron chi connectivity index (χ3n) is 25.1. The smallest absolute Gasteiger partial charge is 0.306 e. The molecule has 16 nitrogen and oxygen atoms in total. The molecule has 4 spiro atoms. The zero-order valence-corrected chi connectivity index (χ0v) is 54.7. The summed E-state index contributed by atoms with van der Waals surface area (Å²) in [6.07, 6.45) is 17.3. The van der Waals surface area contributed by atoms with Gasteiger partial charge in [-0.2, -0.15) is 0 Å². The quantitative estimate of drug-likeness (QED) is 0.0403. The molecule has 7 fully saturated rings. The molecule has 0 amide bonds. The number of ether oxygens (including phenoxy) is 4. The number of carbonyl (C=O) groups excluding carboxylic acids is 1. The van der Waals surface area contributed by atoms with Crippen LogP contribution >= 0.6 is 21.6 Å². The van der Waals surface area contributed by atoms with Crippen molar-refractivity contribution in [2.24, 2.45) is 52.3 Å². The minimum absolute atomic E-state index is 0.0298. The van der Waals surface area contributed by atoms with Crippen LogP contribution < -0.4 is 20.1 Å². The molecule has 10 aliphatic rings. The summed E-state index contributed by atoms with van der Waals surface area (Å²) < 4.78 is 32.9. The molecule has 18 heteroatoms. The molecule has 4 aromatic rings. The summed E-state index contributed by atoms with van der Waals surface area (Å²) in [6.45, 7) is 4.21. The Morgan fingerprint density at radius 3 is 2.57 bits per heavy atom. The Hall–Kier alpha value is -4.15. The van der Waals surface area contributed by atoms with Crippen LogP contribution in [0.3, 0.4) is 0 Å². The van der Waals surface area contributed by atoms with Crippen molar-refractivity contribution in [1.29, 1.82) is 0 Å². The fourth-order valence-corrected chi connectivity index (χ4v) is 25.0. The number of rotatable bonds is 10. The summed E-state index contributed by atoms with van der Waals surface area (Å²) in [5, 5.41) is 113. The van der Waals surface area contributed by atoms with Crippen molar-refractivity contribution < 1.29 is 69.0 Å². The Labute approximate surface area is 542 Å². The molecular formula is C73H96N2O14S2. The predicted octanol–water partition coefficient (Wildman–Crippen LogP) is 10.3. The van der Waals surface area contributed by atoms with Crippen LogP contribution in [0.1, 0.15) is 146 Å². The van der Waals surface area contributed by atoms with Gasteiger partial charge >= 0.3 is 5.97 Å². The van der Waals surface area contributed by atoms with Gasteiger partial charge in [0.25, 0.3) is 0 Å². The highest BCUT2D eigenvalue weighted by molar-refractivity contribution is 8.77. The Kier molecular flexibility index (Phi) is 17.5. The summed E-state index contributed by atoms with van der Waals surface area (Å²) in [7, 11) is 5.50. The number of allylic oxidation sites excluding steroid dienone is 4. The van der Waals surface area contributed by atoms with Crippen LogP contribution in [0, 0.1) is 52.3 Å². The number of carbonyl (C=O) groups is 1. The number of benzene rings is 3. The van der Waals surface area contributed by atoms with E-state index in [1.807, 2.05) is 35.1 Å². The topological polar surface area (TPSA) is 253 Å². The van der Waals surface area contributed by atoms with Crippen molar-refractivity contribution >= 4 is 49.3 Å². The van der Waals surface area contributed by atoms with E-state index in [1.54, 1.807) is 36.1 Å². The molecule has 1 aromatic heterocycles. The van der Waals surface area contributed by atoms with E-state index >= 15 is 0 Å². The number of esters is 1. The van der Waals surface area contributed by atoms with Gasteiger partial charge in [-0.15, -0.1) is 0 Å². The highest BCUT2D eigenvalue weighted by atomic mass is 33.1. The Morgan fingerprint density at radius 1 is 0.901 bits per heavy atom. The van der Waals surface area contributed by atoms with Gasteiger partial charge in [0, 0.05) is 70.7 Å². The first-order valence-corrected chi connectivity index (χ1v) is 36.6. The lowest BCUT2D eigenvalue weighted by atomic mass is 9.50. The number of hydrogen-bond donors (Lipinski definition) is 10. The number of hydrogen-bond acceptors (Lipinski definition) is 18. The maximum absolute atomic E-state index is 14.0. The molecule has 21 atom stereocenters. The normalized spacial score (nSPS) is 42.9. The molecule has 91 heavy (non-hydrogen) atoms. The lowest BCUT2D eigenvalue weighted by molar-refractivity contribution is -0.424. The van der Waals surface area contributed by atoms with Crippen LogP contribution in [0.25, 0.3) is 21.7 Å². The molecule has 7 aliphatic carbocycles. The Morgan fingerprint density at radius 2 is 1.75 bits per heavy atom. The summed E-state index contributed by atoms with van der Waals surface area (Å²) in [4.78, 5) is 13.2. The van der Waals surface area contributed by atoms with Crippen LogP contribution in [-0.4, -0.2) is 150 Å². The minimum atomic E-state index is -2.53. The zero-order valence-electron chi connectivity index (χ0n) is 53.1. The maximum Gasteiger partial charge on any atom is 0.306 e. The van der Waals surface area contributed by atoms with Crippen molar-refractivity contribution in [2.75, 3.05) is 39.2 Å². The largest absolute Gasteiger partial charge is 0.508 e. The summed E-state index contributed by atoms with van der Waals surface area (Å²) in [5.41, 5.74) is -6.39. The van der Waals surface area contributed by atoms with Gasteiger partial charge in [-0.05, 0) is 198 Å². The SMILES string of the molecule is CCOC(=O)CCc1cc2ccoc2c2c1O[C@@H]1O[C@@]3(CSS[C@]4(CC[C@]5(C[C@@H]6CC[C@@H](NC)[C@H]6C5)[C@@H]4CC[C@@]4(O)CC[C@@]5(C=CC(O)=C[C@H]5c5ccc6ccccc6c5)C4)[C@@H](CC[C@H](C)CCC[C@@H]3O)NCCO2)[C@]2(O)C[C@@H]3C=C[C@@H](O)[C@H](CO)[C@@H]3[C@@]1(O)[C@H]2O. The molecule has 5 saturated carbocycles. The average Bonchev–Trinajstić information content (AvgIpc) is 1.45. The monoisotopic (exact) mass is 1290 g/mol. The van der Waals surface area contributed by atoms with Crippen molar-refractivity contribution in [3.05, 3.63) is 108 Å². The standard InChI is InChI=1S/C73H96N2O14S2/c1-4-85-60(80)21-17-47-35-48-24-32-86-62(48)64-63(47)88-66-73(84)61-50(16-19-56(78)53(61)40-76)38-71(83,65(73)81)72(89-66)42-90-91-70(58(75-31-33-87-64)20-12-43(2)8-7-11-59(72)79)30-28-68(37-49-15-18-55(74-3)52(49)39-68)57(70)23-26-69(82)29-27-67(41-69)25-22-51(77)36-54(67)46-14-13-44-9-5-6-10-45(44)34-46/h5-6,9-10,13-14,16,19,22,24-25,32,34-36,43,49-50,52-59,61,65-66,74-79,81-84H,4,7-8,11-12,15,17-18,20-21,23,26-31,33,37-42H2,1-3H3/t43-,49+,50+,52+,53+,54+,55-,56-,57+,58-,59+,61-,65+,66-,67+,68-,69-,70+,71+,72-,73-/m1/s1. The molecular weight excluding hydrogens is 1190 g/mol. The lowest BCUT2D eigenvalue weighted by Gasteiger charge is -2.67. The number of furan rings is 1. The number of aliphatic hydroxyl groups is 8. The van der Waals surface area contributed by atoms with E-state index in [2.05, 4.69) is 73.1 Å². The van der Waals surface area contributed by atoms with E-state index < -0.39 is 87.5 Å². The second-order valence-corrected chi connectivity index (χ2v) is 32.5. The molecule has 2 saturated heterocycles. The van der Waals surface area contributed by atoms with Crippen molar-refractivity contribution in [2.45, 2.75) is 206 Å². The van der Waals surface area contributed by atoms with Gasteiger partial charge in [-0.1, -0.05) is 102 Å². The first-order chi connectivity index (χ1) is 43.8. The van der Waals surface area contributed by atoms with E-state index in [-0.39, 0.29) is 91.1 Å². The van der Waals surface area contributed by atoms with Crippen LogP contribution in [0.15, 0.2) is 101 Å². The van der Waals surface area contributed by atoms with Gasteiger partial charge in [0.1, 0.15) is 29.7 Å². The van der Waals surface area contributed by atoms with Crippen LogP contribution in [0.5, 0.6) is 11.5 Å². The molecule has 14 rings (SSSR count). The first kappa shape index (κ1) is 64.2. The van der Waals surface area contributed by atoms with E-state index in [9.17, 15) is 45.6 Å². The second-order valence-electron chi connectivity index (χ2n) is 29.8. The number of aryl methyl sites for hydroxylation is 1. The third-order valence-corrected chi connectivity index (χ3v) is 28.5. The highest BCUT2D eigenvalue weighted by Crippen LogP contribution is 2.72. The average molecular weight is 1290 g/mol. The van der Waals surface area contributed by atoms with Crippen LogP contribution in [-0.2, 0) is 20.7 Å². The summed E-state index contributed by atoms with van der Waals surface area (Å²) in [6, 6.07) is 19.0. The van der Waals surface area contributed by atoms with Gasteiger partial charge in [-0.25, -0.2) is 0 Å².